The highest BCUT2D eigenvalue weighted by Gasteiger charge is 2.43. The molecule has 1 rings (SSSR count). The molecule has 0 atom stereocenters. The summed E-state index contributed by atoms with van der Waals surface area (Å²) in [6.07, 6.45) is 3.99. The molecule has 90 valence electrons. The van der Waals surface area contributed by atoms with E-state index in [0.29, 0.717) is 12.8 Å². The van der Waals surface area contributed by atoms with E-state index in [9.17, 15) is 9.59 Å². The molecule has 1 saturated heterocycles. The van der Waals surface area contributed by atoms with Gasteiger partial charge in [-0.2, -0.15) is 0 Å². The monoisotopic (exact) mass is 226 g/mol. The Hall–Kier alpha value is -1.32. The second-order valence-electron chi connectivity index (χ2n) is 3.98. The van der Waals surface area contributed by atoms with E-state index in [1.807, 2.05) is 6.92 Å². The van der Waals surface area contributed by atoms with E-state index < -0.39 is 17.7 Å². The normalized spacial score (nSPS) is 19.2. The summed E-state index contributed by atoms with van der Waals surface area (Å²) in [5.74, 6) is -2.38. The Bertz CT molecular complexity index is 286. The van der Waals surface area contributed by atoms with Gasteiger partial charge in [0.25, 0.3) is 5.79 Å². The predicted octanol–water partition coefficient (Wildman–Crippen LogP) is 2.33. The van der Waals surface area contributed by atoms with Crippen LogP contribution in [0.5, 0.6) is 0 Å². The van der Waals surface area contributed by atoms with Crippen molar-refractivity contribution in [3.8, 4) is 0 Å². The van der Waals surface area contributed by atoms with Gasteiger partial charge in [0, 0.05) is 12.8 Å². The summed E-state index contributed by atoms with van der Waals surface area (Å²) in [7, 11) is 0. The average molecular weight is 226 g/mol. The van der Waals surface area contributed by atoms with Crippen molar-refractivity contribution in [3.63, 3.8) is 0 Å². The molecule has 0 aromatic heterocycles. The van der Waals surface area contributed by atoms with Crippen molar-refractivity contribution < 1.29 is 19.1 Å². The Morgan fingerprint density at radius 1 is 1.12 bits per heavy atom. The number of cyclic esters (lactones) is 2. The number of ether oxygens (including phenoxy) is 2. The Morgan fingerprint density at radius 3 is 2.12 bits per heavy atom. The first kappa shape index (κ1) is 12.7. The van der Waals surface area contributed by atoms with Crippen LogP contribution in [0.4, 0.5) is 0 Å². The quantitative estimate of drug-likeness (QED) is 0.312. The van der Waals surface area contributed by atoms with Gasteiger partial charge >= 0.3 is 11.9 Å². The van der Waals surface area contributed by atoms with Gasteiger partial charge in [0.2, 0.25) is 0 Å². The van der Waals surface area contributed by atoms with Crippen LogP contribution >= 0.6 is 0 Å². The molecule has 1 aliphatic heterocycles. The van der Waals surface area contributed by atoms with Crippen LogP contribution < -0.4 is 0 Å². The van der Waals surface area contributed by atoms with Gasteiger partial charge in [0.15, 0.2) is 0 Å². The summed E-state index contributed by atoms with van der Waals surface area (Å²) in [4.78, 5) is 22.8. The molecule has 0 bridgehead atoms. The van der Waals surface area contributed by atoms with Gasteiger partial charge in [-0.05, 0) is 6.42 Å². The molecule has 0 aliphatic carbocycles. The fourth-order valence-corrected chi connectivity index (χ4v) is 1.63. The third-order valence-corrected chi connectivity index (χ3v) is 2.75. The van der Waals surface area contributed by atoms with Crippen LogP contribution in [0.1, 0.15) is 46.0 Å². The summed E-state index contributed by atoms with van der Waals surface area (Å²) < 4.78 is 10.3. The molecular formula is C12H18O4. The molecule has 0 aromatic carbocycles. The van der Waals surface area contributed by atoms with Crippen LogP contribution in [-0.2, 0) is 19.1 Å². The number of hydrogen-bond donors (Lipinski definition) is 0. The maximum atomic E-state index is 11.4. The van der Waals surface area contributed by atoms with Gasteiger partial charge in [0.1, 0.15) is 5.57 Å². The van der Waals surface area contributed by atoms with Crippen LogP contribution in [0.25, 0.3) is 0 Å². The molecule has 0 amide bonds. The standard InChI is InChI=1S/C12H18O4/c1-4-6-7-8-12(5-2)15-10(13)9(3)11(14)16-12/h3-8H2,1-2H3. The lowest BCUT2D eigenvalue weighted by atomic mass is 10.0. The molecule has 0 N–H and O–H groups in total. The fourth-order valence-electron chi connectivity index (χ4n) is 1.63. The molecule has 16 heavy (non-hydrogen) atoms. The lowest BCUT2D eigenvalue weighted by molar-refractivity contribution is -0.239. The molecule has 0 aromatic rings. The van der Waals surface area contributed by atoms with E-state index >= 15 is 0 Å². The number of esters is 2. The minimum atomic E-state index is -1.06. The Morgan fingerprint density at radius 2 is 1.69 bits per heavy atom. The second kappa shape index (κ2) is 5.14. The van der Waals surface area contributed by atoms with Crippen molar-refractivity contribution in [2.24, 2.45) is 0 Å². The predicted molar refractivity (Wildman–Crippen MR) is 58.5 cm³/mol. The van der Waals surface area contributed by atoms with Gasteiger partial charge in [-0.1, -0.05) is 33.3 Å². The van der Waals surface area contributed by atoms with Crippen molar-refractivity contribution in [2.45, 2.75) is 51.7 Å². The van der Waals surface area contributed by atoms with Crippen LogP contribution in [0.15, 0.2) is 12.2 Å². The van der Waals surface area contributed by atoms with Crippen molar-refractivity contribution in [1.29, 1.82) is 0 Å². The van der Waals surface area contributed by atoms with E-state index in [1.165, 1.54) is 0 Å². The zero-order valence-electron chi connectivity index (χ0n) is 9.88. The maximum Gasteiger partial charge on any atom is 0.348 e. The molecule has 1 heterocycles. The molecular weight excluding hydrogens is 208 g/mol. The highest BCUT2D eigenvalue weighted by Crippen LogP contribution is 2.31. The van der Waals surface area contributed by atoms with Crippen molar-refractivity contribution >= 4 is 11.9 Å². The maximum absolute atomic E-state index is 11.4. The molecule has 0 radical (unpaired) electrons. The summed E-state index contributed by atoms with van der Waals surface area (Å²) >= 11 is 0. The molecule has 0 unspecified atom stereocenters. The number of carbonyl (C=O) groups is 2. The van der Waals surface area contributed by atoms with Crippen LogP contribution in [0.3, 0.4) is 0 Å². The lowest BCUT2D eigenvalue weighted by Gasteiger charge is -2.35. The molecule has 1 fully saturated rings. The average Bonchev–Trinajstić information content (AvgIpc) is 2.26. The third kappa shape index (κ3) is 2.62. The van der Waals surface area contributed by atoms with E-state index in [2.05, 4.69) is 13.5 Å². The van der Waals surface area contributed by atoms with Gasteiger partial charge in [-0.25, -0.2) is 9.59 Å². The number of unbranched alkanes of at least 4 members (excludes halogenated alkanes) is 2. The first-order chi connectivity index (χ1) is 7.54. The Labute approximate surface area is 95.6 Å². The fraction of sp³-hybridized carbons (Fsp3) is 0.667. The number of carbonyl (C=O) groups excluding carboxylic acids is 2. The zero-order chi connectivity index (χ0) is 12.2. The molecule has 4 nitrogen and oxygen atoms in total. The summed E-state index contributed by atoms with van der Waals surface area (Å²) in [6.45, 7) is 7.24. The van der Waals surface area contributed by atoms with Gasteiger partial charge in [0.05, 0.1) is 0 Å². The van der Waals surface area contributed by atoms with E-state index in [4.69, 9.17) is 9.47 Å². The molecule has 1 aliphatic rings. The molecule has 4 heteroatoms. The van der Waals surface area contributed by atoms with Crippen molar-refractivity contribution in [1.82, 2.24) is 0 Å². The number of hydrogen-bond acceptors (Lipinski definition) is 4. The molecule has 0 saturated carbocycles. The lowest BCUT2D eigenvalue weighted by Crippen LogP contribution is -2.45. The van der Waals surface area contributed by atoms with Gasteiger partial charge in [-0.15, -0.1) is 0 Å². The van der Waals surface area contributed by atoms with E-state index in [-0.39, 0.29) is 5.57 Å². The van der Waals surface area contributed by atoms with Crippen LogP contribution in [-0.4, -0.2) is 17.7 Å². The second-order valence-corrected chi connectivity index (χ2v) is 3.98. The summed E-state index contributed by atoms with van der Waals surface area (Å²) in [5.41, 5.74) is -0.223. The van der Waals surface area contributed by atoms with Gasteiger partial charge < -0.3 is 9.47 Å². The van der Waals surface area contributed by atoms with Crippen LogP contribution in [0, 0.1) is 0 Å². The Balaban J connectivity index is 2.69. The smallest absolute Gasteiger partial charge is 0.348 e. The third-order valence-electron chi connectivity index (χ3n) is 2.75. The van der Waals surface area contributed by atoms with Gasteiger partial charge in [-0.3, -0.25) is 0 Å². The topological polar surface area (TPSA) is 52.6 Å². The summed E-state index contributed by atoms with van der Waals surface area (Å²) in [5, 5.41) is 0. The van der Waals surface area contributed by atoms with E-state index in [1.54, 1.807) is 0 Å². The first-order valence-corrected chi connectivity index (χ1v) is 5.70. The number of rotatable bonds is 5. The minimum absolute atomic E-state index is 0.223. The summed E-state index contributed by atoms with van der Waals surface area (Å²) in [6, 6.07) is 0. The van der Waals surface area contributed by atoms with Crippen molar-refractivity contribution in [2.75, 3.05) is 0 Å². The highest BCUT2D eigenvalue weighted by atomic mass is 16.7. The molecule has 0 spiro atoms. The van der Waals surface area contributed by atoms with Crippen molar-refractivity contribution in [3.05, 3.63) is 12.2 Å². The van der Waals surface area contributed by atoms with E-state index in [0.717, 1.165) is 19.3 Å². The first-order valence-electron chi connectivity index (χ1n) is 5.70. The highest BCUT2D eigenvalue weighted by molar-refractivity contribution is 6.14. The Kier molecular flexibility index (Phi) is 4.10. The largest absolute Gasteiger partial charge is 0.419 e. The van der Waals surface area contributed by atoms with Crippen LogP contribution in [0.2, 0.25) is 0 Å². The SMILES string of the molecule is C=C1C(=O)OC(CC)(CCCCC)OC1=O. The minimum Gasteiger partial charge on any atom is -0.419 e. The zero-order valence-corrected chi connectivity index (χ0v) is 9.88.